The van der Waals surface area contributed by atoms with Crippen LogP contribution in [0.3, 0.4) is 0 Å². The first-order valence-corrected chi connectivity index (χ1v) is 6.28. The van der Waals surface area contributed by atoms with Gasteiger partial charge < -0.3 is 5.11 Å². The monoisotopic (exact) mass is 210 g/mol. The number of aliphatic hydroxyl groups is 1. The van der Waals surface area contributed by atoms with Crippen LogP contribution in [0.5, 0.6) is 0 Å². The summed E-state index contributed by atoms with van der Waals surface area (Å²) in [4.78, 5) is 11.8. The normalized spacial score (nSPS) is 36.1. The van der Waals surface area contributed by atoms with Gasteiger partial charge in [0.15, 0.2) is 5.78 Å². The topological polar surface area (TPSA) is 37.3 Å². The van der Waals surface area contributed by atoms with Crippen LogP contribution in [0.2, 0.25) is 0 Å². The van der Waals surface area contributed by atoms with Crippen molar-refractivity contribution < 1.29 is 9.90 Å². The van der Waals surface area contributed by atoms with Crippen molar-refractivity contribution in [2.75, 3.05) is 0 Å². The van der Waals surface area contributed by atoms with Crippen molar-refractivity contribution in [3.05, 3.63) is 0 Å². The van der Waals surface area contributed by atoms with Gasteiger partial charge in [0.1, 0.15) is 6.10 Å². The molecule has 0 aliphatic heterocycles. The number of rotatable bonds is 4. The maximum Gasteiger partial charge on any atom is 0.161 e. The first-order chi connectivity index (χ1) is 7.08. The zero-order chi connectivity index (χ0) is 11.0. The molecule has 86 valence electrons. The predicted molar refractivity (Wildman–Crippen MR) is 59.4 cm³/mol. The first kappa shape index (κ1) is 11.1. The lowest BCUT2D eigenvalue weighted by molar-refractivity contribution is -0.130. The number of hydrogen-bond donors (Lipinski definition) is 1. The van der Waals surface area contributed by atoms with E-state index < -0.39 is 6.10 Å². The molecule has 0 aromatic carbocycles. The number of aliphatic hydroxyl groups excluding tert-OH is 1. The minimum atomic E-state index is -0.732. The van der Waals surface area contributed by atoms with Gasteiger partial charge in [0.25, 0.3) is 0 Å². The molecule has 0 aromatic heterocycles. The average Bonchev–Trinajstić information content (AvgIpc) is 2.77. The number of carbonyl (C=O) groups excluding carboxylic acids is 1. The Bertz CT molecular complexity index is 247. The Hall–Kier alpha value is -0.370. The van der Waals surface area contributed by atoms with Gasteiger partial charge in [-0.2, -0.15) is 0 Å². The van der Waals surface area contributed by atoms with Gasteiger partial charge in [0.2, 0.25) is 0 Å². The van der Waals surface area contributed by atoms with Crippen molar-refractivity contribution >= 4 is 5.78 Å². The summed E-state index contributed by atoms with van der Waals surface area (Å²) < 4.78 is 0. The van der Waals surface area contributed by atoms with E-state index in [9.17, 15) is 9.90 Å². The molecule has 2 rings (SSSR count). The predicted octanol–water partition coefficient (Wildman–Crippen LogP) is 2.40. The number of fused-ring (bicyclic) bond motifs is 2. The molecule has 0 spiro atoms. The van der Waals surface area contributed by atoms with Gasteiger partial charge >= 0.3 is 0 Å². The minimum absolute atomic E-state index is 0.0658. The molecule has 2 bridgehead atoms. The van der Waals surface area contributed by atoms with E-state index in [1.54, 1.807) is 0 Å². The standard InChI is InChI=1S/C13H22O2/c1-8(2)13(15)12(14)7-11-6-9-3-4-10(11)5-9/h8-11,13,15H,3-7H2,1-2H3. The van der Waals surface area contributed by atoms with E-state index in [2.05, 4.69) is 0 Å². The second-order valence-corrected chi connectivity index (χ2v) is 5.79. The molecule has 2 fully saturated rings. The lowest BCUT2D eigenvalue weighted by atomic mass is 9.83. The van der Waals surface area contributed by atoms with E-state index in [1.165, 1.54) is 25.7 Å². The van der Waals surface area contributed by atoms with Crippen LogP contribution in [-0.4, -0.2) is 17.0 Å². The molecule has 1 N–H and O–H groups in total. The summed E-state index contributed by atoms with van der Waals surface area (Å²) in [5, 5.41) is 9.68. The first-order valence-electron chi connectivity index (χ1n) is 6.28. The van der Waals surface area contributed by atoms with Gasteiger partial charge in [-0.15, -0.1) is 0 Å². The molecule has 0 radical (unpaired) electrons. The second-order valence-electron chi connectivity index (χ2n) is 5.79. The summed E-state index contributed by atoms with van der Waals surface area (Å²) in [6, 6.07) is 0. The summed E-state index contributed by atoms with van der Waals surface area (Å²) in [6.45, 7) is 3.81. The lowest BCUT2D eigenvalue weighted by Gasteiger charge is -2.22. The van der Waals surface area contributed by atoms with Crippen LogP contribution in [0, 0.1) is 23.7 Å². The molecule has 2 heteroatoms. The Balaban J connectivity index is 1.85. The van der Waals surface area contributed by atoms with Crippen molar-refractivity contribution in [1.82, 2.24) is 0 Å². The zero-order valence-corrected chi connectivity index (χ0v) is 9.78. The molecule has 0 heterocycles. The van der Waals surface area contributed by atoms with Crippen LogP contribution < -0.4 is 0 Å². The van der Waals surface area contributed by atoms with E-state index in [-0.39, 0.29) is 11.7 Å². The third-order valence-corrected chi connectivity index (χ3v) is 4.31. The average molecular weight is 210 g/mol. The van der Waals surface area contributed by atoms with Gasteiger partial charge in [-0.1, -0.05) is 20.3 Å². The molecular formula is C13H22O2. The molecule has 2 aliphatic carbocycles. The molecule has 15 heavy (non-hydrogen) atoms. The molecule has 2 nitrogen and oxygen atoms in total. The van der Waals surface area contributed by atoms with Crippen LogP contribution in [0.25, 0.3) is 0 Å². The van der Waals surface area contributed by atoms with Crippen molar-refractivity contribution in [2.45, 2.75) is 52.1 Å². The van der Waals surface area contributed by atoms with Crippen molar-refractivity contribution in [3.8, 4) is 0 Å². The van der Waals surface area contributed by atoms with Crippen molar-refractivity contribution in [2.24, 2.45) is 23.7 Å². The molecule has 4 unspecified atom stereocenters. The Kier molecular flexibility index (Phi) is 3.15. The van der Waals surface area contributed by atoms with E-state index >= 15 is 0 Å². The fraction of sp³-hybridized carbons (Fsp3) is 0.923. The van der Waals surface area contributed by atoms with Gasteiger partial charge in [0.05, 0.1) is 0 Å². The van der Waals surface area contributed by atoms with Crippen LogP contribution >= 0.6 is 0 Å². The van der Waals surface area contributed by atoms with Gasteiger partial charge in [-0.3, -0.25) is 4.79 Å². The highest BCUT2D eigenvalue weighted by Crippen LogP contribution is 2.49. The number of Topliss-reactive ketones (excluding diaryl/α,β-unsaturated/α-hetero) is 1. The maximum atomic E-state index is 11.8. The molecule has 0 saturated heterocycles. The molecular weight excluding hydrogens is 188 g/mol. The largest absolute Gasteiger partial charge is 0.385 e. The highest BCUT2D eigenvalue weighted by Gasteiger charge is 2.40. The van der Waals surface area contributed by atoms with Crippen LogP contribution in [0.4, 0.5) is 0 Å². The molecule has 4 atom stereocenters. The van der Waals surface area contributed by atoms with Crippen molar-refractivity contribution in [1.29, 1.82) is 0 Å². The third-order valence-electron chi connectivity index (χ3n) is 4.31. The van der Waals surface area contributed by atoms with Crippen LogP contribution in [0.15, 0.2) is 0 Å². The quantitative estimate of drug-likeness (QED) is 0.773. The van der Waals surface area contributed by atoms with E-state index in [1.807, 2.05) is 13.8 Å². The zero-order valence-electron chi connectivity index (χ0n) is 9.78. The number of ketones is 1. The summed E-state index contributed by atoms with van der Waals surface area (Å²) in [6.07, 6.45) is 5.17. The van der Waals surface area contributed by atoms with Crippen molar-refractivity contribution in [3.63, 3.8) is 0 Å². The van der Waals surface area contributed by atoms with Gasteiger partial charge in [-0.05, 0) is 42.9 Å². The summed E-state index contributed by atoms with van der Waals surface area (Å²) in [5.41, 5.74) is 0. The maximum absolute atomic E-state index is 11.8. The highest BCUT2D eigenvalue weighted by molar-refractivity contribution is 5.83. The van der Waals surface area contributed by atoms with Gasteiger partial charge in [0, 0.05) is 6.42 Å². The van der Waals surface area contributed by atoms with E-state index in [4.69, 9.17) is 0 Å². The van der Waals surface area contributed by atoms with Crippen LogP contribution in [0.1, 0.15) is 46.0 Å². The molecule has 2 saturated carbocycles. The van der Waals surface area contributed by atoms with Gasteiger partial charge in [-0.25, -0.2) is 0 Å². The Morgan fingerprint density at radius 1 is 1.33 bits per heavy atom. The Labute approximate surface area is 92.1 Å². The highest BCUT2D eigenvalue weighted by atomic mass is 16.3. The van der Waals surface area contributed by atoms with Crippen LogP contribution in [-0.2, 0) is 4.79 Å². The number of hydrogen-bond acceptors (Lipinski definition) is 2. The second kappa shape index (κ2) is 4.25. The Morgan fingerprint density at radius 2 is 2.07 bits per heavy atom. The number of carbonyl (C=O) groups is 1. The minimum Gasteiger partial charge on any atom is -0.385 e. The molecule has 0 aromatic rings. The fourth-order valence-corrected chi connectivity index (χ4v) is 3.38. The lowest BCUT2D eigenvalue weighted by Crippen LogP contribution is -2.29. The molecule has 2 aliphatic rings. The summed E-state index contributed by atoms with van der Waals surface area (Å²) >= 11 is 0. The Morgan fingerprint density at radius 3 is 2.53 bits per heavy atom. The molecule has 0 amide bonds. The third kappa shape index (κ3) is 2.25. The summed E-state index contributed by atoms with van der Waals surface area (Å²) in [5.74, 6) is 2.41. The smallest absolute Gasteiger partial charge is 0.161 e. The SMILES string of the molecule is CC(C)C(O)C(=O)CC1CC2CCC1C2. The fourth-order valence-electron chi connectivity index (χ4n) is 3.38. The summed E-state index contributed by atoms with van der Waals surface area (Å²) in [7, 11) is 0. The van der Waals surface area contributed by atoms with E-state index in [0.29, 0.717) is 12.3 Å². The van der Waals surface area contributed by atoms with E-state index in [0.717, 1.165) is 11.8 Å².